The van der Waals surface area contributed by atoms with Crippen LogP contribution in [0.15, 0.2) is 66.9 Å². The Balaban J connectivity index is 2.27. The summed E-state index contributed by atoms with van der Waals surface area (Å²) in [6.45, 7) is 17.2. The number of rotatable bonds is 37. The highest BCUT2D eigenvalue weighted by Crippen LogP contribution is 2.47. The van der Waals surface area contributed by atoms with E-state index < -0.39 is 170 Å². The molecule has 0 saturated heterocycles. The van der Waals surface area contributed by atoms with E-state index in [1.165, 1.54) is 80.1 Å². The molecule has 12 atom stereocenters. The highest BCUT2D eigenvalue weighted by Gasteiger charge is 2.44. The van der Waals surface area contributed by atoms with E-state index in [0.29, 0.717) is 23.2 Å². The summed E-state index contributed by atoms with van der Waals surface area (Å²) in [5.74, 6) is -11.5. The third-order valence-electron chi connectivity index (χ3n) is 13.9. The van der Waals surface area contributed by atoms with Crippen molar-refractivity contribution in [3.63, 3.8) is 0 Å². The molecule has 0 heterocycles. The van der Waals surface area contributed by atoms with Crippen molar-refractivity contribution in [1.29, 1.82) is 0 Å². The van der Waals surface area contributed by atoms with Crippen LogP contribution in [0, 0.1) is 11.8 Å². The third-order valence-corrected chi connectivity index (χ3v) is 14.9. The lowest BCUT2D eigenvalue weighted by molar-refractivity contribution is -0.167. The van der Waals surface area contributed by atoms with Crippen LogP contribution in [-0.2, 0) is 98.3 Å². The minimum atomic E-state index is -5.09. The molecule has 506 valence electrons. The normalized spacial score (nSPS) is 15.5. The van der Waals surface area contributed by atoms with Crippen molar-refractivity contribution in [1.82, 2.24) is 41.7 Å². The first-order valence-electron chi connectivity index (χ1n) is 29.1. The van der Waals surface area contributed by atoms with Gasteiger partial charge in [-0.2, -0.15) is 0 Å². The summed E-state index contributed by atoms with van der Waals surface area (Å²) in [6.07, 6.45) is -6.40. The Morgan fingerprint density at radius 1 is 0.692 bits per heavy atom. The minimum absolute atomic E-state index is 0.182. The zero-order valence-electron chi connectivity index (χ0n) is 53.9. The van der Waals surface area contributed by atoms with Gasteiger partial charge in [0.2, 0.25) is 35.4 Å². The second-order valence-electron chi connectivity index (χ2n) is 22.1. The van der Waals surface area contributed by atoms with Gasteiger partial charge in [-0.05, 0) is 75.6 Å². The number of phosphoric acid groups is 1. The topological polar surface area (TPSA) is 440 Å². The molecule has 0 fully saturated rings. The molecule has 32 heteroatoms. The van der Waals surface area contributed by atoms with Gasteiger partial charge in [-0.15, -0.1) is 0 Å². The number of hydrogen-bond acceptors (Lipinski definition) is 20. The van der Waals surface area contributed by atoms with Crippen LogP contribution in [0.5, 0.6) is 0 Å². The molecule has 91 heavy (non-hydrogen) atoms. The molecule has 2 aromatic carbocycles. The lowest BCUT2D eigenvalue weighted by atomic mass is 9.96. The summed E-state index contributed by atoms with van der Waals surface area (Å²) in [6, 6.07) is 4.72. The lowest BCUT2D eigenvalue weighted by Crippen LogP contribution is -2.61. The van der Waals surface area contributed by atoms with Crippen LogP contribution in [0.4, 0.5) is 10.5 Å². The molecule has 2 aromatic rings. The van der Waals surface area contributed by atoms with E-state index >= 15 is 0 Å². The van der Waals surface area contributed by atoms with Crippen molar-refractivity contribution in [2.75, 3.05) is 40.1 Å². The number of nitrogens with one attached hydrogen (secondary N) is 7. The van der Waals surface area contributed by atoms with Crippen molar-refractivity contribution >= 4 is 84.7 Å². The number of carbonyl (C=O) groups is 12. The summed E-state index contributed by atoms with van der Waals surface area (Å²) in [5, 5.41) is 17.1. The number of nitrogens with two attached hydrogens (primary N) is 2. The number of carbonyl (C=O) groups excluding carboxylic acids is 12. The van der Waals surface area contributed by atoms with E-state index in [0.717, 1.165) is 30.7 Å². The van der Waals surface area contributed by atoms with Crippen LogP contribution in [0.2, 0.25) is 0 Å². The van der Waals surface area contributed by atoms with E-state index in [4.69, 9.17) is 39.5 Å². The predicted molar refractivity (Wildman–Crippen MR) is 329 cm³/mol. The Kier molecular flexibility index (Phi) is 32.6. The quantitative estimate of drug-likeness (QED) is 0.0146. The number of anilines is 1. The molecule has 0 aromatic heterocycles. The summed E-state index contributed by atoms with van der Waals surface area (Å²) < 4.78 is 46.4. The van der Waals surface area contributed by atoms with Gasteiger partial charge in [-0.25, -0.2) is 18.9 Å². The van der Waals surface area contributed by atoms with E-state index in [2.05, 4.69) is 43.8 Å². The average molecular weight is 1300 g/mol. The zero-order valence-corrected chi connectivity index (χ0v) is 54.7. The molecule has 0 aliphatic carbocycles. The predicted octanol–water partition coefficient (Wildman–Crippen LogP) is 0.702. The van der Waals surface area contributed by atoms with E-state index in [-0.39, 0.29) is 25.8 Å². The smallest absolute Gasteiger partial charge is 0.460 e. The van der Waals surface area contributed by atoms with Gasteiger partial charge in [0.15, 0.2) is 18.2 Å². The van der Waals surface area contributed by atoms with E-state index in [9.17, 15) is 67.0 Å². The van der Waals surface area contributed by atoms with Crippen LogP contribution in [-0.4, -0.2) is 187 Å². The molecule has 2 rings (SSSR count). The number of benzene rings is 2. The Morgan fingerprint density at radius 2 is 1.26 bits per heavy atom. The number of methoxy groups -OCH3 is 1. The maximum atomic E-state index is 14.3. The summed E-state index contributed by atoms with van der Waals surface area (Å²) in [5.41, 5.74) is 11.7. The number of nitrogens with zero attached hydrogens (tertiary/aromatic N) is 2. The second-order valence-corrected chi connectivity index (χ2v) is 23.5. The Hall–Kier alpha value is -8.35. The molecule has 1 unspecified atom stereocenters. The molecule has 0 radical (unpaired) electrons. The molecule has 12 N–H and O–H groups in total. The van der Waals surface area contributed by atoms with Crippen LogP contribution in [0.25, 0.3) is 0 Å². The summed E-state index contributed by atoms with van der Waals surface area (Å²) in [7, 11) is -0.0874. The SMILES string of the molecule is C=C(C(=O)N[C@@H](C)C(=O)N(C)[C@@H](C)C(=O)N[C@H](C(=O)NC)[C@H](OC(=O)[C@@H](NC(C)=O)[C@H](OP(=O)(O)OCc1ccc(NC(=O)[C@@H](N)CCCNC(N)=O)cc1)C(C)C)C(C)C)N(C)C(=O)[C@@H](Cc1ccccc1)OC(=O)[C@@H](NC(C)=O)[C@@H](C)OC(=O)C[C@@H](C)OC. The number of hydrogen-bond donors (Lipinski definition) is 10. The minimum Gasteiger partial charge on any atom is -0.460 e. The number of likely N-dealkylation sites (N-methyl/N-ethyl adjacent to an activating group) is 3. The summed E-state index contributed by atoms with van der Waals surface area (Å²) >= 11 is 0. The van der Waals surface area contributed by atoms with Crippen molar-refractivity contribution in [3.8, 4) is 0 Å². The molecule has 0 bridgehead atoms. The van der Waals surface area contributed by atoms with Gasteiger partial charge in [0.25, 0.3) is 11.8 Å². The number of phosphoric ester groups is 1. The standard InChI is InChI=1S/C59H90N11O20P/c1-31(2)49(89-58(81)48(66-39(11)72)50(32(3)4)90-91(83,84)86-30-41-23-25-42(26-24-41)67-53(76)43(60)22-19-27-63-59(61)82)47(54(77)62-12)68-52(75)36(8)69(13)55(78)34(6)64-51(74)35(7)70(14)56(79)44(29-40-20-17-16-18-21-40)88-57(80)46(65-38(10)71)37(9)87-45(73)28-33(5)85-15/h16-18,20-21,23-26,31-34,36-37,43-44,46-50H,7,19,22,27-30,60H2,1-6,8-15H3,(H,62,77)(H,64,74)(H,65,71)(H,66,72)(H,67,76)(H,68,75)(H,83,84)(H3,61,63,82)/t33-,34+,36+,37-,43+,44-,46+,47+,48+,49-,50-/m1/s1. The fourth-order valence-corrected chi connectivity index (χ4v) is 9.52. The first-order chi connectivity index (χ1) is 42.4. The van der Waals surface area contributed by atoms with Crippen LogP contribution in [0.3, 0.4) is 0 Å². The molecule has 0 aliphatic heterocycles. The van der Waals surface area contributed by atoms with Crippen molar-refractivity contribution in [3.05, 3.63) is 78.0 Å². The summed E-state index contributed by atoms with van der Waals surface area (Å²) in [4.78, 5) is 171. The van der Waals surface area contributed by atoms with Crippen molar-refractivity contribution < 1.29 is 95.0 Å². The Bertz CT molecular complexity index is 2920. The maximum Gasteiger partial charge on any atom is 0.472 e. The van der Waals surface area contributed by atoms with Gasteiger partial charge in [0, 0.05) is 60.8 Å². The van der Waals surface area contributed by atoms with E-state index in [1.54, 1.807) is 51.1 Å². The number of esters is 3. The average Bonchev–Trinajstić information content (AvgIpc) is 1.27. The van der Waals surface area contributed by atoms with Crippen molar-refractivity contribution in [2.45, 2.75) is 168 Å². The molecule has 0 saturated carbocycles. The largest absolute Gasteiger partial charge is 0.472 e. The number of primary amides is 1. The molecular formula is C59H90N11O20P. The van der Waals surface area contributed by atoms with Crippen molar-refractivity contribution in [2.24, 2.45) is 23.3 Å². The van der Waals surface area contributed by atoms with Crippen LogP contribution in [0.1, 0.15) is 99.6 Å². The maximum absolute atomic E-state index is 14.3. The number of urea groups is 1. The fourth-order valence-electron chi connectivity index (χ4n) is 8.47. The fraction of sp³-hybridized carbons (Fsp3) is 0.559. The molecule has 0 spiro atoms. The molecular weight excluding hydrogens is 1210 g/mol. The van der Waals surface area contributed by atoms with Gasteiger partial charge in [0.05, 0.1) is 25.2 Å². The van der Waals surface area contributed by atoms with Crippen LogP contribution >= 0.6 is 7.82 Å². The highest BCUT2D eigenvalue weighted by atomic mass is 31.2. The first kappa shape index (κ1) is 78.7. The van der Waals surface area contributed by atoms with Crippen LogP contribution < -0.4 is 48.7 Å². The van der Waals surface area contributed by atoms with Gasteiger partial charge in [0.1, 0.15) is 42.1 Å². The first-order valence-corrected chi connectivity index (χ1v) is 30.6. The molecule has 31 nitrogen and oxygen atoms in total. The lowest BCUT2D eigenvalue weighted by Gasteiger charge is -2.35. The van der Waals surface area contributed by atoms with Gasteiger partial charge in [-0.3, -0.25) is 52.2 Å². The third kappa shape index (κ3) is 26.6. The Morgan fingerprint density at radius 3 is 1.80 bits per heavy atom. The Labute approximate surface area is 529 Å². The molecule has 10 amide bonds. The highest BCUT2D eigenvalue weighted by molar-refractivity contribution is 7.47. The number of amides is 10. The second kappa shape index (κ2) is 37.7. The van der Waals surface area contributed by atoms with Gasteiger partial charge in [-0.1, -0.05) is 76.7 Å². The zero-order chi connectivity index (χ0) is 69.2. The van der Waals surface area contributed by atoms with E-state index in [1.807, 2.05) is 0 Å². The molecule has 0 aliphatic rings. The number of ether oxygens (including phenoxy) is 4. The van der Waals surface area contributed by atoms with Gasteiger partial charge >= 0.3 is 31.8 Å². The monoisotopic (exact) mass is 1300 g/mol. The van der Waals surface area contributed by atoms with Gasteiger partial charge < -0.3 is 82.3 Å².